The molecule has 0 bridgehead atoms. The molecule has 196 valence electrons. The van der Waals surface area contributed by atoms with Crippen molar-refractivity contribution in [3.63, 3.8) is 0 Å². The first-order chi connectivity index (χ1) is 18.3. The van der Waals surface area contributed by atoms with Crippen molar-refractivity contribution in [1.82, 2.24) is 0 Å². The molecule has 37 heavy (non-hydrogen) atoms. The van der Waals surface area contributed by atoms with Crippen molar-refractivity contribution in [2.45, 2.75) is 102 Å². The molecule has 0 saturated heterocycles. The van der Waals surface area contributed by atoms with Gasteiger partial charge in [-0.15, -0.1) is 8.58 Å². The number of fused-ring (bicyclic) bond motifs is 2. The summed E-state index contributed by atoms with van der Waals surface area (Å²) < 4.78 is 0. The summed E-state index contributed by atoms with van der Waals surface area (Å²) in [4.78, 5) is 0. The summed E-state index contributed by atoms with van der Waals surface area (Å²) in [6, 6.07) is 32.2. The zero-order chi connectivity index (χ0) is 25.7. The summed E-state index contributed by atoms with van der Waals surface area (Å²) in [5.41, 5.74) is 4.44. The second-order valence-electron chi connectivity index (χ2n) is 10.8. The van der Waals surface area contributed by atoms with Crippen LogP contribution in [0.2, 0.25) is 0 Å². The molecule has 0 aliphatic carbocycles. The Morgan fingerprint density at radius 2 is 0.865 bits per heavy atom. The van der Waals surface area contributed by atoms with Crippen LogP contribution in [0, 0.1) is 0 Å². The number of hydrogen-bond donors (Lipinski definition) is 0. The monoisotopic (exact) mass is 510 g/mol. The second-order valence-corrected chi connectivity index (χ2v) is 12.5. The van der Waals surface area contributed by atoms with Crippen LogP contribution in [0.5, 0.6) is 0 Å². The van der Waals surface area contributed by atoms with Gasteiger partial charge in [-0.25, -0.2) is 0 Å². The van der Waals surface area contributed by atoms with Gasteiger partial charge in [0.15, 0.2) is 0 Å². The van der Waals surface area contributed by atoms with Gasteiger partial charge < -0.3 is 0 Å². The molecule has 0 saturated carbocycles. The topological polar surface area (TPSA) is 0 Å². The van der Waals surface area contributed by atoms with Crippen LogP contribution in [0.1, 0.15) is 113 Å². The summed E-state index contributed by atoms with van der Waals surface area (Å²) >= 11 is 0. The molecule has 2 unspecified atom stereocenters. The maximum absolute atomic E-state index is 2.44. The van der Waals surface area contributed by atoms with Gasteiger partial charge in [-0.2, -0.15) is 0 Å². The van der Waals surface area contributed by atoms with E-state index in [1.54, 1.807) is 11.1 Å². The van der Waals surface area contributed by atoms with Crippen molar-refractivity contribution < 1.29 is 0 Å². The van der Waals surface area contributed by atoms with Crippen LogP contribution in [0.15, 0.2) is 84.9 Å². The SMILES string of the molecule is CCCCCCCC(PC(CCCCCCC)c1cccc2ccccc12)c1cccc2ccccc12. The molecule has 4 rings (SSSR count). The van der Waals surface area contributed by atoms with E-state index in [9.17, 15) is 0 Å². The Balaban J connectivity index is 1.64. The molecule has 4 aromatic carbocycles. The maximum Gasteiger partial charge on any atom is 0.00258 e. The van der Waals surface area contributed by atoms with E-state index in [4.69, 9.17) is 0 Å². The Labute approximate surface area is 228 Å². The highest BCUT2D eigenvalue weighted by molar-refractivity contribution is 7.39. The van der Waals surface area contributed by atoms with E-state index >= 15 is 0 Å². The lowest BCUT2D eigenvalue weighted by molar-refractivity contribution is 0.592. The first kappa shape index (κ1) is 27.9. The van der Waals surface area contributed by atoms with E-state index in [-0.39, 0.29) is 0 Å². The fraction of sp³-hybridized carbons (Fsp3) is 0.444. The Bertz CT molecular complexity index is 1100. The minimum absolute atomic E-state index is 0.632. The van der Waals surface area contributed by atoms with E-state index in [1.165, 1.54) is 98.6 Å². The van der Waals surface area contributed by atoms with Crippen LogP contribution in [0.3, 0.4) is 0 Å². The smallest absolute Gasteiger partial charge is 0.00258 e. The van der Waals surface area contributed by atoms with Crippen molar-refractivity contribution in [2.24, 2.45) is 0 Å². The molecular weight excluding hydrogens is 463 g/mol. The largest absolute Gasteiger partial charge is 0.107 e. The van der Waals surface area contributed by atoms with Crippen LogP contribution in [0.4, 0.5) is 0 Å². The van der Waals surface area contributed by atoms with Crippen molar-refractivity contribution >= 4 is 30.1 Å². The van der Waals surface area contributed by atoms with E-state index in [2.05, 4.69) is 98.8 Å². The predicted molar refractivity (Wildman–Crippen MR) is 168 cm³/mol. The van der Waals surface area contributed by atoms with Crippen LogP contribution in [-0.2, 0) is 0 Å². The molecule has 0 fully saturated rings. The zero-order valence-corrected chi connectivity index (χ0v) is 24.2. The average molecular weight is 511 g/mol. The van der Waals surface area contributed by atoms with Gasteiger partial charge in [0, 0.05) is 11.3 Å². The standard InChI is InChI=1S/C36H47P/c1-3-5-7-9-11-27-35(33-25-17-21-29-19-13-15-23-31(29)33)37-36(28-12-10-8-6-4-2)34-26-18-22-30-20-14-16-24-32(30)34/h13-26,35-37H,3-12,27-28H2,1-2H3. The Kier molecular flexibility index (Phi) is 11.5. The molecule has 0 aliphatic rings. The third-order valence-corrected chi connectivity index (χ3v) is 10.00. The fourth-order valence-electron chi connectivity index (χ4n) is 5.91. The Hall–Kier alpha value is -2.17. The highest BCUT2D eigenvalue weighted by atomic mass is 31.1. The van der Waals surface area contributed by atoms with Crippen molar-refractivity contribution in [1.29, 1.82) is 0 Å². The molecule has 1 heteroatoms. The molecule has 2 atom stereocenters. The Morgan fingerprint density at radius 3 is 1.32 bits per heavy atom. The third-order valence-electron chi connectivity index (χ3n) is 7.99. The lowest BCUT2D eigenvalue weighted by Crippen LogP contribution is -2.01. The lowest BCUT2D eigenvalue weighted by atomic mass is 9.98. The second kappa shape index (κ2) is 15.3. The molecular formula is C36H47P. The number of rotatable bonds is 16. The van der Waals surface area contributed by atoms with E-state index < -0.39 is 0 Å². The van der Waals surface area contributed by atoms with Crippen LogP contribution >= 0.6 is 8.58 Å². The van der Waals surface area contributed by atoms with Gasteiger partial charge in [0.2, 0.25) is 0 Å². The number of benzene rings is 4. The summed E-state index contributed by atoms with van der Waals surface area (Å²) in [7, 11) is 0.920. The van der Waals surface area contributed by atoms with Gasteiger partial charge in [0.25, 0.3) is 0 Å². The normalized spacial score (nSPS) is 13.6. The quantitative estimate of drug-likeness (QED) is 0.104. The lowest BCUT2D eigenvalue weighted by Gasteiger charge is -2.27. The summed E-state index contributed by atoms with van der Waals surface area (Å²) in [5.74, 6) is 0. The molecule has 0 nitrogen and oxygen atoms in total. The molecule has 0 heterocycles. The molecule has 0 aliphatic heterocycles. The van der Waals surface area contributed by atoms with Gasteiger partial charge in [-0.3, -0.25) is 0 Å². The number of unbranched alkanes of at least 4 members (excludes halogenated alkanes) is 8. The maximum atomic E-state index is 2.44. The number of hydrogen-bond acceptors (Lipinski definition) is 0. The van der Waals surface area contributed by atoms with Crippen LogP contribution < -0.4 is 0 Å². The first-order valence-electron chi connectivity index (χ1n) is 15.0. The molecule has 0 spiro atoms. The zero-order valence-electron chi connectivity index (χ0n) is 23.2. The summed E-state index contributed by atoms with van der Waals surface area (Å²) in [5, 5.41) is 5.72. The van der Waals surface area contributed by atoms with E-state index in [1.807, 2.05) is 0 Å². The predicted octanol–water partition coefficient (Wildman–Crippen LogP) is 12.2. The van der Waals surface area contributed by atoms with Gasteiger partial charge in [-0.1, -0.05) is 163 Å². The molecule has 4 aromatic rings. The molecule has 0 radical (unpaired) electrons. The van der Waals surface area contributed by atoms with E-state index in [0.29, 0.717) is 11.3 Å². The molecule has 0 aromatic heterocycles. The Morgan fingerprint density at radius 1 is 0.459 bits per heavy atom. The van der Waals surface area contributed by atoms with Crippen molar-refractivity contribution in [3.05, 3.63) is 96.1 Å². The summed E-state index contributed by atoms with van der Waals surface area (Å²) in [6.45, 7) is 4.63. The first-order valence-corrected chi connectivity index (χ1v) is 16.2. The third kappa shape index (κ3) is 7.91. The van der Waals surface area contributed by atoms with Crippen molar-refractivity contribution in [2.75, 3.05) is 0 Å². The minimum atomic E-state index is 0.632. The van der Waals surface area contributed by atoms with Gasteiger partial charge in [-0.05, 0) is 45.5 Å². The van der Waals surface area contributed by atoms with Crippen molar-refractivity contribution in [3.8, 4) is 0 Å². The van der Waals surface area contributed by atoms with Gasteiger partial charge in [0.05, 0.1) is 0 Å². The molecule has 0 amide bonds. The highest BCUT2D eigenvalue weighted by Gasteiger charge is 2.22. The summed E-state index contributed by atoms with van der Waals surface area (Å²) in [6.07, 6.45) is 16.2. The highest BCUT2D eigenvalue weighted by Crippen LogP contribution is 2.53. The van der Waals surface area contributed by atoms with Crippen LogP contribution in [0.25, 0.3) is 21.5 Å². The van der Waals surface area contributed by atoms with Crippen LogP contribution in [-0.4, -0.2) is 0 Å². The van der Waals surface area contributed by atoms with Gasteiger partial charge in [0.1, 0.15) is 0 Å². The fourth-order valence-corrected chi connectivity index (χ4v) is 8.00. The minimum Gasteiger partial charge on any atom is -0.107 e. The van der Waals surface area contributed by atoms with E-state index in [0.717, 1.165) is 8.58 Å². The molecule has 0 N–H and O–H groups in total. The van der Waals surface area contributed by atoms with Gasteiger partial charge >= 0.3 is 0 Å². The average Bonchev–Trinajstić information content (AvgIpc) is 2.95.